The summed E-state index contributed by atoms with van der Waals surface area (Å²) < 4.78 is 11.7. The fourth-order valence-corrected chi connectivity index (χ4v) is 4.09. The van der Waals surface area contributed by atoms with E-state index < -0.39 is 0 Å². The van der Waals surface area contributed by atoms with Gasteiger partial charge >= 0.3 is 0 Å². The molecule has 1 heterocycles. The van der Waals surface area contributed by atoms with Gasteiger partial charge in [-0.25, -0.2) is 4.98 Å². The van der Waals surface area contributed by atoms with E-state index in [1.54, 1.807) is 18.3 Å². The Hall–Kier alpha value is -3.06. The molecule has 4 rings (SSSR count). The molecule has 168 valence electrons. The van der Waals surface area contributed by atoms with Crippen LogP contribution >= 0.6 is 34.5 Å². The van der Waals surface area contributed by atoms with Gasteiger partial charge in [0.05, 0.1) is 23.5 Å². The van der Waals surface area contributed by atoms with Gasteiger partial charge in [0, 0.05) is 33.2 Å². The Morgan fingerprint density at radius 3 is 2.52 bits per heavy atom. The molecule has 3 aromatic carbocycles. The summed E-state index contributed by atoms with van der Waals surface area (Å²) in [7, 11) is 0. The first kappa shape index (κ1) is 23.1. The molecule has 0 unspecified atom stereocenters. The van der Waals surface area contributed by atoms with Gasteiger partial charge in [-0.2, -0.15) is 5.10 Å². The van der Waals surface area contributed by atoms with Crippen molar-refractivity contribution in [1.82, 2.24) is 4.98 Å². The number of hydrogen-bond donors (Lipinski definition) is 1. The molecule has 5 nitrogen and oxygen atoms in total. The summed E-state index contributed by atoms with van der Waals surface area (Å²) in [4.78, 5) is 4.56. The molecule has 0 saturated heterocycles. The zero-order valence-corrected chi connectivity index (χ0v) is 20.1. The maximum Gasteiger partial charge on any atom is 0.203 e. The highest BCUT2D eigenvalue weighted by Gasteiger charge is 2.12. The first-order chi connectivity index (χ1) is 16.1. The van der Waals surface area contributed by atoms with Gasteiger partial charge in [-0.1, -0.05) is 71.7 Å². The fourth-order valence-electron chi connectivity index (χ4n) is 3.03. The van der Waals surface area contributed by atoms with Gasteiger partial charge in [0.15, 0.2) is 11.5 Å². The van der Waals surface area contributed by atoms with Gasteiger partial charge in [-0.05, 0) is 19.1 Å². The molecule has 0 aliphatic heterocycles. The van der Waals surface area contributed by atoms with Crippen molar-refractivity contribution >= 4 is 45.9 Å². The third kappa shape index (κ3) is 6.05. The molecular weight excluding hydrogens is 477 g/mol. The molecule has 1 N–H and O–H groups in total. The minimum atomic E-state index is 0.304. The van der Waals surface area contributed by atoms with Crippen LogP contribution < -0.4 is 14.9 Å². The van der Waals surface area contributed by atoms with Crippen LogP contribution in [0.2, 0.25) is 10.0 Å². The molecule has 0 aliphatic carbocycles. The maximum atomic E-state index is 6.49. The zero-order valence-electron chi connectivity index (χ0n) is 17.8. The summed E-state index contributed by atoms with van der Waals surface area (Å²) in [6, 6.07) is 21.1. The van der Waals surface area contributed by atoms with Crippen LogP contribution in [-0.2, 0) is 6.61 Å². The Morgan fingerprint density at radius 1 is 0.970 bits per heavy atom. The Labute approximate surface area is 206 Å². The molecule has 0 spiro atoms. The van der Waals surface area contributed by atoms with Gasteiger partial charge in [-0.15, -0.1) is 11.3 Å². The molecule has 0 aliphatic rings. The lowest BCUT2D eigenvalue weighted by molar-refractivity contribution is 0.269. The second-order valence-electron chi connectivity index (χ2n) is 6.91. The van der Waals surface area contributed by atoms with Crippen LogP contribution in [0.5, 0.6) is 11.5 Å². The van der Waals surface area contributed by atoms with Crippen molar-refractivity contribution in [3.8, 4) is 22.8 Å². The number of nitrogens with zero attached hydrogens (tertiary/aromatic N) is 2. The maximum absolute atomic E-state index is 6.49. The predicted octanol–water partition coefficient (Wildman–Crippen LogP) is 7.54. The summed E-state index contributed by atoms with van der Waals surface area (Å²) in [6.07, 6.45) is 1.63. The summed E-state index contributed by atoms with van der Waals surface area (Å²) in [5.74, 6) is 1.12. The van der Waals surface area contributed by atoms with Gasteiger partial charge in [0.25, 0.3) is 0 Å². The lowest BCUT2D eigenvalue weighted by Crippen LogP contribution is -2.01. The van der Waals surface area contributed by atoms with E-state index in [0.717, 1.165) is 16.8 Å². The van der Waals surface area contributed by atoms with Crippen molar-refractivity contribution in [3.05, 3.63) is 93.3 Å². The van der Waals surface area contributed by atoms with Crippen LogP contribution in [0, 0.1) is 0 Å². The van der Waals surface area contributed by atoms with Crippen molar-refractivity contribution in [1.29, 1.82) is 0 Å². The quantitative estimate of drug-likeness (QED) is 0.191. The molecule has 0 atom stereocenters. The molecule has 0 radical (unpaired) electrons. The summed E-state index contributed by atoms with van der Waals surface area (Å²) in [6.45, 7) is 2.70. The molecule has 0 fully saturated rings. The average Bonchev–Trinajstić information content (AvgIpc) is 3.30. The molecule has 0 bridgehead atoms. The van der Waals surface area contributed by atoms with Crippen LogP contribution in [0.25, 0.3) is 11.3 Å². The van der Waals surface area contributed by atoms with Gasteiger partial charge < -0.3 is 9.47 Å². The normalized spacial score (nSPS) is 11.0. The van der Waals surface area contributed by atoms with Crippen LogP contribution in [0.3, 0.4) is 0 Å². The van der Waals surface area contributed by atoms with E-state index >= 15 is 0 Å². The lowest BCUT2D eigenvalue weighted by atomic mass is 10.2. The third-order valence-electron chi connectivity index (χ3n) is 4.64. The molecule has 4 aromatic rings. The number of benzene rings is 3. The van der Waals surface area contributed by atoms with Gasteiger partial charge in [-0.3, -0.25) is 5.43 Å². The summed E-state index contributed by atoms with van der Waals surface area (Å²) in [5, 5.41) is 8.10. The minimum Gasteiger partial charge on any atom is -0.490 e. The van der Waals surface area contributed by atoms with Crippen LogP contribution in [0.15, 0.2) is 77.2 Å². The molecular formula is C25H21Cl2N3O2S. The van der Waals surface area contributed by atoms with Crippen LogP contribution in [-0.4, -0.2) is 17.8 Å². The van der Waals surface area contributed by atoms with E-state index in [-0.39, 0.29) is 0 Å². The number of rotatable bonds is 9. The molecule has 0 saturated carbocycles. The van der Waals surface area contributed by atoms with E-state index in [4.69, 9.17) is 32.7 Å². The van der Waals surface area contributed by atoms with Crippen molar-refractivity contribution in [3.63, 3.8) is 0 Å². The standard InChI is InChI=1S/C25H21Cl2N3O2S/c1-2-31-23-12-19(21(27)13-24(23)32-15-18-10-6-7-11-20(18)26)14-28-30-25-29-22(16-33-25)17-8-4-3-5-9-17/h3-14,16H,2,15H2,1H3,(H,29,30). The summed E-state index contributed by atoms with van der Waals surface area (Å²) >= 11 is 14.2. The largest absolute Gasteiger partial charge is 0.490 e. The summed E-state index contributed by atoms with van der Waals surface area (Å²) in [5.41, 5.74) is 6.49. The van der Waals surface area contributed by atoms with E-state index in [2.05, 4.69) is 15.5 Å². The fraction of sp³-hybridized carbons (Fsp3) is 0.120. The number of halogens is 2. The van der Waals surface area contributed by atoms with Crippen LogP contribution in [0.1, 0.15) is 18.1 Å². The number of hydrazone groups is 1. The Morgan fingerprint density at radius 2 is 1.73 bits per heavy atom. The average molecular weight is 498 g/mol. The Bertz CT molecular complexity index is 1250. The van der Waals surface area contributed by atoms with Crippen molar-refractivity contribution in [2.75, 3.05) is 12.0 Å². The van der Waals surface area contributed by atoms with E-state index in [9.17, 15) is 0 Å². The molecule has 33 heavy (non-hydrogen) atoms. The molecule has 8 heteroatoms. The van der Waals surface area contributed by atoms with Gasteiger partial charge in [0.1, 0.15) is 6.61 Å². The lowest BCUT2D eigenvalue weighted by Gasteiger charge is -2.14. The van der Waals surface area contributed by atoms with Crippen molar-refractivity contribution in [2.45, 2.75) is 13.5 Å². The minimum absolute atomic E-state index is 0.304. The van der Waals surface area contributed by atoms with Crippen molar-refractivity contribution < 1.29 is 9.47 Å². The topological polar surface area (TPSA) is 55.7 Å². The van der Waals surface area contributed by atoms with E-state index in [0.29, 0.717) is 45.5 Å². The highest BCUT2D eigenvalue weighted by molar-refractivity contribution is 7.14. The van der Waals surface area contributed by atoms with Gasteiger partial charge in [0.2, 0.25) is 5.13 Å². The number of ether oxygens (including phenoxy) is 2. The smallest absolute Gasteiger partial charge is 0.203 e. The highest BCUT2D eigenvalue weighted by atomic mass is 35.5. The Kier molecular flexibility index (Phi) is 7.83. The third-order valence-corrected chi connectivity index (χ3v) is 6.08. The first-order valence-electron chi connectivity index (χ1n) is 10.3. The Balaban J connectivity index is 1.46. The molecule has 0 amide bonds. The molecule has 1 aromatic heterocycles. The first-order valence-corrected chi connectivity index (χ1v) is 11.9. The van der Waals surface area contributed by atoms with E-state index in [1.165, 1.54) is 11.3 Å². The second kappa shape index (κ2) is 11.2. The highest BCUT2D eigenvalue weighted by Crippen LogP contribution is 2.34. The second-order valence-corrected chi connectivity index (χ2v) is 8.58. The zero-order chi connectivity index (χ0) is 23.0. The SMILES string of the molecule is CCOc1cc(C=NNc2nc(-c3ccccc3)cs2)c(Cl)cc1OCc1ccccc1Cl. The monoisotopic (exact) mass is 497 g/mol. The number of anilines is 1. The predicted molar refractivity (Wildman–Crippen MR) is 137 cm³/mol. The number of hydrogen-bond acceptors (Lipinski definition) is 6. The number of nitrogens with one attached hydrogen (secondary N) is 1. The van der Waals surface area contributed by atoms with Crippen molar-refractivity contribution in [2.24, 2.45) is 5.10 Å². The van der Waals surface area contributed by atoms with Crippen LogP contribution in [0.4, 0.5) is 5.13 Å². The number of aromatic nitrogens is 1. The van der Waals surface area contributed by atoms with E-state index in [1.807, 2.05) is 66.9 Å². The number of thiazole rings is 1.